The Balaban J connectivity index is 0.00000144. The van der Waals surface area contributed by atoms with E-state index in [0.29, 0.717) is 0 Å². The SMILES string of the molecule is CCCC[C@@H](N)c1ccc(Br)s1.Cl. The molecule has 13 heavy (non-hydrogen) atoms. The molecule has 0 amide bonds. The van der Waals surface area contributed by atoms with Gasteiger partial charge in [0.1, 0.15) is 0 Å². The lowest BCUT2D eigenvalue weighted by molar-refractivity contribution is 0.611. The number of nitrogens with two attached hydrogens (primary N) is 1. The Kier molecular flexibility index (Phi) is 7.05. The first-order chi connectivity index (χ1) is 5.74. The van der Waals surface area contributed by atoms with E-state index in [0.717, 1.165) is 6.42 Å². The van der Waals surface area contributed by atoms with Crippen molar-refractivity contribution in [3.63, 3.8) is 0 Å². The normalized spacial score (nSPS) is 12.2. The van der Waals surface area contributed by atoms with Gasteiger partial charge in [-0.15, -0.1) is 23.7 Å². The fraction of sp³-hybridized carbons (Fsp3) is 0.556. The van der Waals surface area contributed by atoms with Crippen LogP contribution in [0.5, 0.6) is 0 Å². The molecule has 0 bridgehead atoms. The van der Waals surface area contributed by atoms with Gasteiger partial charge >= 0.3 is 0 Å². The topological polar surface area (TPSA) is 26.0 Å². The Morgan fingerprint density at radius 2 is 2.23 bits per heavy atom. The van der Waals surface area contributed by atoms with Crippen LogP contribution in [0.2, 0.25) is 0 Å². The molecule has 4 heteroatoms. The molecule has 0 saturated carbocycles. The summed E-state index contributed by atoms with van der Waals surface area (Å²) in [7, 11) is 0. The lowest BCUT2D eigenvalue weighted by Crippen LogP contribution is -2.07. The molecule has 1 atom stereocenters. The monoisotopic (exact) mass is 283 g/mol. The number of hydrogen-bond donors (Lipinski definition) is 1. The molecule has 0 aliphatic heterocycles. The van der Waals surface area contributed by atoms with E-state index in [9.17, 15) is 0 Å². The Hall–Kier alpha value is 0.430. The Morgan fingerprint density at radius 3 is 2.69 bits per heavy atom. The highest BCUT2D eigenvalue weighted by Crippen LogP contribution is 2.28. The van der Waals surface area contributed by atoms with E-state index in [-0.39, 0.29) is 18.4 Å². The molecule has 1 aromatic heterocycles. The molecule has 0 aromatic carbocycles. The minimum atomic E-state index is 0. The number of hydrogen-bond acceptors (Lipinski definition) is 2. The third-order valence-corrected chi connectivity index (χ3v) is 3.58. The molecule has 0 aliphatic carbocycles. The second kappa shape index (κ2) is 6.82. The van der Waals surface area contributed by atoms with Crippen molar-refractivity contribution in [1.82, 2.24) is 0 Å². The molecule has 2 N–H and O–H groups in total. The van der Waals surface area contributed by atoms with E-state index < -0.39 is 0 Å². The number of thiophene rings is 1. The second-order valence-electron chi connectivity index (χ2n) is 2.89. The van der Waals surface area contributed by atoms with Gasteiger partial charge < -0.3 is 5.73 Å². The smallest absolute Gasteiger partial charge is 0.0701 e. The molecular weight excluding hydrogens is 270 g/mol. The Labute approximate surface area is 98.3 Å². The first kappa shape index (κ1) is 13.4. The van der Waals surface area contributed by atoms with Crippen LogP contribution in [0.25, 0.3) is 0 Å². The Morgan fingerprint density at radius 1 is 1.54 bits per heavy atom. The van der Waals surface area contributed by atoms with E-state index in [1.807, 2.05) is 0 Å². The summed E-state index contributed by atoms with van der Waals surface area (Å²) in [6, 6.07) is 4.40. The highest BCUT2D eigenvalue weighted by molar-refractivity contribution is 9.11. The first-order valence-electron chi connectivity index (χ1n) is 4.25. The van der Waals surface area contributed by atoms with E-state index in [1.54, 1.807) is 11.3 Å². The van der Waals surface area contributed by atoms with Gasteiger partial charge in [-0.25, -0.2) is 0 Å². The largest absolute Gasteiger partial charge is 0.323 e. The van der Waals surface area contributed by atoms with Gasteiger partial charge in [0.15, 0.2) is 0 Å². The zero-order valence-electron chi connectivity index (χ0n) is 7.63. The van der Waals surface area contributed by atoms with Gasteiger partial charge in [-0.05, 0) is 34.5 Å². The maximum absolute atomic E-state index is 5.98. The van der Waals surface area contributed by atoms with Crippen molar-refractivity contribution in [2.45, 2.75) is 32.2 Å². The lowest BCUT2D eigenvalue weighted by atomic mass is 10.1. The van der Waals surface area contributed by atoms with Gasteiger partial charge in [-0.2, -0.15) is 0 Å². The van der Waals surface area contributed by atoms with Crippen LogP contribution < -0.4 is 5.73 Å². The average Bonchev–Trinajstić information content (AvgIpc) is 2.47. The summed E-state index contributed by atoms with van der Waals surface area (Å²) in [4.78, 5) is 1.29. The van der Waals surface area contributed by atoms with Crippen LogP contribution in [0.3, 0.4) is 0 Å². The van der Waals surface area contributed by atoms with Crippen LogP contribution in [0, 0.1) is 0 Å². The summed E-state index contributed by atoms with van der Waals surface area (Å²) in [5, 5.41) is 0. The maximum Gasteiger partial charge on any atom is 0.0701 e. The molecular formula is C9H15BrClNS. The van der Waals surface area contributed by atoms with Gasteiger partial charge in [-0.3, -0.25) is 0 Å². The fourth-order valence-electron chi connectivity index (χ4n) is 1.09. The molecule has 76 valence electrons. The third kappa shape index (κ3) is 4.45. The summed E-state index contributed by atoms with van der Waals surface area (Å²) in [6.07, 6.45) is 3.54. The minimum Gasteiger partial charge on any atom is -0.323 e. The van der Waals surface area contributed by atoms with Crippen LogP contribution in [0.15, 0.2) is 15.9 Å². The molecule has 1 nitrogen and oxygen atoms in total. The highest BCUT2D eigenvalue weighted by atomic mass is 79.9. The number of unbranched alkanes of at least 4 members (excludes halogenated alkanes) is 1. The molecule has 1 aromatic rings. The zero-order valence-corrected chi connectivity index (χ0v) is 10.8. The molecule has 0 unspecified atom stereocenters. The van der Waals surface area contributed by atoms with Gasteiger partial charge in [0.25, 0.3) is 0 Å². The minimum absolute atomic E-state index is 0. The standard InChI is InChI=1S/C9H14BrNS.ClH/c1-2-3-4-7(11)8-5-6-9(10)12-8;/h5-7H,2-4,11H2,1H3;1H/t7-;/m1./s1. The third-order valence-electron chi connectivity index (χ3n) is 1.83. The highest BCUT2D eigenvalue weighted by Gasteiger charge is 2.06. The molecule has 0 fully saturated rings. The van der Waals surface area contributed by atoms with E-state index in [1.165, 1.54) is 21.5 Å². The van der Waals surface area contributed by atoms with Crippen LogP contribution in [0.1, 0.15) is 37.1 Å². The zero-order chi connectivity index (χ0) is 8.97. The summed E-state index contributed by atoms with van der Waals surface area (Å²) in [5.74, 6) is 0. The Bertz CT molecular complexity index is 239. The van der Waals surface area contributed by atoms with Gasteiger partial charge in [0, 0.05) is 10.9 Å². The predicted octanol–water partition coefficient (Wildman–Crippen LogP) is 4.12. The molecule has 0 spiro atoms. The van der Waals surface area contributed by atoms with Crippen molar-refractivity contribution in [3.8, 4) is 0 Å². The van der Waals surface area contributed by atoms with Gasteiger partial charge in [-0.1, -0.05) is 19.8 Å². The van der Waals surface area contributed by atoms with Crippen LogP contribution >= 0.6 is 39.7 Å². The predicted molar refractivity (Wildman–Crippen MR) is 65.7 cm³/mol. The molecule has 0 saturated heterocycles. The maximum atomic E-state index is 5.98. The fourth-order valence-corrected chi connectivity index (χ4v) is 2.55. The van der Waals surface area contributed by atoms with Crippen molar-refractivity contribution in [2.24, 2.45) is 5.73 Å². The van der Waals surface area contributed by atoms with Crippen molar-refractivity contribution in [1.29, 1.82) is 0 Å². The van der Waals surface area contributed by atoms with Crippen LogP contribution in [-0.2, 0) is 0 Å². The number of rotatable bonds is 4. The van der Waals surface area contributed by atoms with Gasteiger partial charge in [0.05, 0.1) is 3.79 Å². The summed E-state index contributed by atoms with van der Waals surface area (Å²) in [5.41, 5.74) is 5.98. The van der Waals surface area contributed by atoms with Gasteiger partial charge in [0.2, 0.25) is 0 Å². The van der Waals surface area contributed by atoms with Crippen LogP contribution in [0.4, 0.5) is 0 Å². The van der Waals surface area contributed by atoms with Crippen molar-refractivity contribution in [2.75, 3.05) is 0 Å². The van der Waals surface area contributed by atoms with E-state index >= 15 is 0 Å². The average molecular weight is 285 g/mol. The molecule has 0 radical (unpaired) electrons. The van der Waals surface area contributed by atoms with E-state index in [4.69, 9.17) is 5.73 Å². The summed E-state index contributed by atoms with van der Waals surface area (Å²) < 4.78 is 1.17. The second-order valence-corrected chi connectivity index (χ2v) is 5.39. The summed E-state index contributed by atoms with van der Waals surface area (Å²) in [6.45, 7) is 2.19. The first-order valence-corrected chi connectivity index (χ1v) is 5.85. The lowest BCUT2D eigenvalue weighted by Gasteiger charge is -2.07. The van der Waals surface area contributed by atoms with Crippen molar-refractivity contribution in [3.05, 3.63) is 20.8 Å². The molecule has 1 heterocycles. The van der Waals surface area contributed by atoms with Crippen molar-refractivity contribution < 1.29 is 0 Å². The molecule has 1 rings (SSSR count). The number of halogens is 2. The van der Waals surface area contributed by atoms with Crippen molar-refractivity contribution >= 4 is 39.7 Å². The molecule has 0 aliphatic rings. The van der Waals surface area contributed by atoms with Crippen LogP contribution in [-0.4, -0.2) is 0 Å². The summed E-state index contributed by atoms with van der Waals surface area (Å²) >= 11 is 5.17. The van der Waals surface area contributed by atoms with E-state index in [2.05, 4.69) is 35.0 Å². The quantitative estimate of drug-likeness (QED) is 0.884.